The molecule has 0 saturated carbocycles. The average molecular weight is 413 g/mol. The maximum Gasteiger partial charge on any atom is 0.224 e. The van der Waals surface area contributed by atoms with Gasteiger partial charge in [-0.2, -0.15) is 0 Å². The van der Waals surface area contributed by atoms with E-state index >= 15 is 0 Å². The monoisotopic (exact) mass is 413 g/mol. The Bertz CT molecular complexity index is 981. The third kappa shape index (κ3) is 5.66. The van der Waals surface area contributed by atoms with Gasteiger partial charge in [0.1, 0.15) is 5.82 Å². The van der Waals surface area contributed by atoms with E-state index in [0.29, 0.717) is 19.6 Å². The van der Waals surface area contributed by atoms with Crippen molar-refractivity contribution in [3.8, 4) is 0 Å². The smallest absolute Gasteiger partial charge is 0.224 e. The van der Waals surface area contributed by atoms with E-state index in [1.54, 1.807) is 19.1 Å². The van der Waals surface area contributed by atoms with Crippen LogP contribution in [0, 0.1) is 5.82 Å². The van der Waals surface area contributed by atoms with E-state index in [0.717, 1.165) is 22.0 Å². The minimum absolute atomic E-state index is 0.0971. The van der Waals surface area contributed by atoms with Crippen molar-refractivity contribution >= 4 is 16.8 Å². The van der Waals surface area contributed by atoms with Gasteiger partial charge in [-0.1, -0.05) is 24.3 Å². The highest BCUT2D eigenvalue weighted by atomic mass is 19.1. The van der Waals surface area contributed by atoms with Crippen LogP contribution in [-0.4, -0.2) is 46.0 Å². The van der Waals surface area contributed by atoms with Gasteiger partial charge in [-0.3, -0.25) is 4.79 Å². The number of nitrogens with one attached hydrogen (secondary N) is 2. The Balaban J connectivity index is 1.59. The second-order valence-electron chi connectivity index (χ2n) is 7.79. The van der Waals surface area contributed by atoms with Gasteiger partial charge in [-0.15, -0.1) is 0 Å². The summed E-state index contributed by atoms with van der Waals surface area (Å²) in [6, 6.07) is 14.0. The van der Waals surface area contributed by atoms with Crippen LogP contribution in [0.5, 0.6) is 0 Å². The maximum atomic E-state index is 13.0. The molecule has 0 unspecified atom stereocenters. The molecule has 7 heteroatoms. The van der Waals surface area contributed by atoms with Crippen LogP contribution in [0.3, 0.4) is 0 Å². The highest BCUT2D eigenvalue weighted by Crippen LogP contribution is 2.18. The normalized spacial score (nSPS) is 11.7. The zero-order valence-corrected chi connectivity index (χ0v) is 17.1. The summed E-state index contributed by atoms with van der Waals surface area (Å²) in [4.78, 5) is 12.3. The first-order valence-electron chi connectivity index (χ1n) is 9.98. The molecule has 1 aromatic heterocycles. The fourth-order valence-electron chi connectivity index (χ4n) is 3.23. The van der Waals surface area contributed by atoms with Crippen LogP contribution in [0.25, 0.3) is 10.9 Å². The first-order chi connectivity index (χ1) is 14.4. The van der Waals surface area contributed by atoms with E-state index in [2.05, 4.69) is 15.2 Å². The quantitative estimate of drug-likeness (QED) is 0.409. The summed E-state index contributed by atoms with van der Waals surface area (Å²) >= 11 is 0. The van der Waals surface area contributed by atoms with Gasteiger partial charge < -0.3 is 25.4 Å². The lowest BCUT2D eigenvalue weighted by Crippen LogP contribution is -2.49. The number of aliphatic hydroxyl groups is 2. The zero-order chi connectivity index (χ0) is 21.6. The number of hydrogen-bond donors (Lipinski definition) is 4. The molecule has 0 fully saturated rings. The van der Waals surface area contributed by atoms with Crippen LogP contribution in [0.1, 0.15) is 18.1 Å². The molecule has 4 N–H and O–H groups in total. The molecule has 3 rings (SSSR count). The zero-order valence-electron chi connectivity index (χ0n) is 17.1. The van der Waals surface area contributed by atoms with Crippen molar-refractivity contribution < 1.29 is 19.4 Å². The summed E-state index contributed by atoms with van der Waals surface area (Å²) in [7, 11) is 0. The molecular formula is C23H28FN3O3. The number of rotatable bonds is 10. The number of hydrogen-bond acceptors (Lipinski definition) is 4. The number of carbonyl (C=O) groups excluding carboxylic acids is 1. The van der Waals surface area contributed by atoms with Crippen LogP contribution in [-0.2, 0) is 24.3 Å². The van der Waals surface area contributed by atoms with Crippen molar-refractivity contribution in [3.05, 3.63) is 71.7 Å². The molecule has 0 aliphatic rings. The van der Waals surface area contributed by atoms with Crippen molar-refractivity contribution in [2.45, 2.75) is 32.0 Å². The van der Waals surface area contributed by atoms with E-state index in [-0.39, 0.29) is 31.4 Å². The number of aromatic nitrogens is 1. The van der Waals surface area contributed by atoms with Gasteiger partial charge in [-0.25, -0.2) is 4.39 Å². The molecule has 1 heterocycles. The Labute approximate surface area is 175 Å². The predicted molar refractivity (Wildman–Crippen MR) is 114 cm³/mol. The number of carbonyl (C=O) groups is 1. The van der Waals surface area contributed by atoms with Crippen molar-refractivity contribution in [2.24, 2.45) is 0 Å². The molecule has 160 valence electrons. The summed E-state index contributed by atoms with van der Waals surface area (Å²) in [5.74, 6) is -0.394. The molecule has 2 aromatic carbocycles. The maximum absolute atomic E-state index is 13.0. The molecular weight excluding hydrogens is 385 g/mol. The van der Waals surface area contributed by atoms with E-state index in [1.165, 1.54) is 12.1 Å². The lowest BCUT2D eigenvalue weighted by atomic mass is 10.1. The molecule has 0 atom stereocenters. The number of halogens is 1. The molecule has 0 aliphatic carbocycles. The van der Waals surface area contributed by atoms with Gasteiger partial charge >= 0.3 is 0 Å². The third-order valence-electron chi connectivity index (χ3n) is 5.21. The predicted octanol–water partition coefficient (Wildman–Crippen LogP) is 1.97. The van der Waals surface area contributed by atoms with E-state index in [1.807, 2.05) is 30.5 Å². The highest BCUT2D eigenvalue weighted by molar-refractivity contribution is 5.84. The van der Waals surface area contributed by atoms with Crippen LogP contribution in [0.15, 0.2) is 54.7 Å². The van der Waals surface area contributed by atoms with Crippen molar-refractivity contribution in [2.75, 3.05) is 19.8 Å². The minimum Gasteiger partial charge on any atom is -0.394 e. The number of nitrogens with zero attached hydrogens (tertiary/aromatic N) is 1. The molecule has 0 bridgehead atoms. The SMILES string of the molecule is CC(CO)(CO)NCCn1ccc2ccc(CC(=O)NCc3ccc(F)cc3)cc21. The second kappa shape index (κ2) is 9.84. The first kappa shape index (κ1) is 22.0. The van der Waals surface area contributed by atoms with Crippen LogP contribution < -0.4 is 10.6 Å². The van der Waals surface area contributed by atoms with Crippen molar-refractivity contribution in [1.82, 2.24) is 15.2 Å². The lowest BCUT2D eigenvalue weighted by molar-refractivity contribution is -0.120. The number of aliphatic hydroxyl groups excluding tert-OH is 2. The highest BCUT2D eigenvalue weighted by Gasteiger charge is 2.20. The molecule has 3 aromatic rings. The van der Waals surface area contributed by atoms with Gasteiger partial charge in [0.2, 0.25) is 5.91 Å². The largest absolute Gasteiger partial charge is 0.394 e. The van der Waals surface area contributed by atoms with Gasteiger partial charge in [-0.05, 0) is 47.7 Å². The van der Waals surface area contributed by atoms with Crippen molar-refractivity contribution in [3.63, 3.8) is 0 Å². The molecule has 0 radical (unpaired) electrons. The van der Waals surface area contributed by atoms with E-state index in [4.69, 9.17) is 0 Å². The Hall–Kier alpha value is -2.74. The molecule has 30 heavy (non-hydrogen) atoms. The summed E-state index contributed by atoms with van der Waals surface area (Å²) < 4.78 is 15.0. The minimum atomic E-state index is -0.712. The molecule has 0 saturated heterocycles. The second-order valence-corrected chi connectivity index (χ2v) is 7.79. The third-order valence-corrected chi connectivity index (χ3v) is 5.21. The summed E-state index contributed by atoms with van der Waals surface area (Å²) in [5.41, 5.74) is 2.06. The van der Waals surface area contributed by atoms with Gasteiger partial charge in [0.25, 0.3) is 0 Å². The summed E-state index contributed by atoms with van der Waals surface area (Å²) in [5, 5.41) is 25.9. The van der Waals surface area contributed by atoms with E-state index < -0.39 is 5.54 Å². The van der Waals surface area contributed by atoms with Crippen LogP contribution in [0.4, 0.5) is 4.39 Å². The Morgan fingerprint density at radius 2 is 1.77 bits per heavy atom. The Kier molecular flexibility index (Phi) is 7.20. The fourth-order valence-corrected chi connectivity index (χ4v) is 3.23. The van der Waals surface area contributed by atoms with E-state index in [9.17, 15) is 19.4 Å². The number of amides is 1. The molecule has 1 amide bonds. The number of fused-ring (bicyclic) bond motifs is 1. The summed E-state index contributed by atoms with van der Waals surface area (Å²) in [6.07, 6.45) is 2.24. The van der Waals surface area contributed by atoms with Crippen molar-refractivity contribution in [1.29, 1.82) is 0 Å². The van der Waals surface area contributed by atoms with Gasteiger partial charge in [0.15, 0.2) is 0 Å². The lowest BCUT2D eigenvalue weighted by Gasteiger charge is -2.26. The average Bonchev–Trinajstić information content (AvgIpc) is 3.15. The molecule has 0 aliphatic heterocycles. The standard InChI is InChI=1S/C23H28FN3O3/c1-23(15-28,16-29)26-9-11-27-10-8-19-5-2-18(12-21(19)27)13-22(30)25-14-17-3-6-20(24)7-4-17/h2-8,10,12,26,28-29H,9,11,13-16H2,1H3,(H,25,30). The van der Waals surface area contributed by atoms with Gasteiger partial charge in [0.05, 0.1) is 25.2 Å². The first-order valence-corrected chi connectivity index (χ1v) is 9.98. The molecule has 6 nitrogen and oxygen atoms in total. The number of benzene rings is 2. The molecule has 0 spiro atoms. The Morgan fingerprint density at radius 1 is 1.07 bits per heavy atom. The van der Waals surface area contributed by atoms with Crippen LogP contribution in [0.2, 0.25) is 0 Å². The Morgan fingerprint density at radius 3 is 2.47 bits per heavy atom. The fraction of sp³-hybridized carbons (Fsp3) is 0.348. The van der Waals surface area contributed by atoms with Crippen LogP contribution >= 0.6 is 0 Å². The topological polar surface area (TPSA) is 86.5 Å². The van der Waals surface area contributed by atoms with Gasteiger partial charge in [0, 0.05) is 31.3 Å². The summed E-state index contributed by atoms with van der Waals surface area (Å²) in [6.45, 7) is 3.09.